The maximum atomic E-state index is 12.0. The first kappa shape index (κ1) is 20.8. The van der Waals surface area contributed by atoms with Gasteiger partial charge in [0.2, 0.25) is 5.76 Å². The van der Waals surface area contributed by atoms with Gasteiger partial charge >= 0.3 is 17.8 Å². The Balaban J connectivity index is 1.57. The Kier molecular flexibility index (Phi) is 6.61. The van der Waals surface area contributed by atoms with Crippen LogP contribution in [0.4, 0.5) is 5.69 Å². The number of esters is 1. The van der Waals surface area contributed by atoms with Crippen LogP contribution in [0.2, 0.25) is 5.02 Å². The van der Waals surface area contributed by atoms with Crippen molar-refractivity contribution in [3.8, 4) is 5.75 Å². The van der Waals surface area contributed by atoms with E-state index < -0.39 is 17.8 Å². The summed E-state index contributed by atoms with van der Waals surface area (Å²) in [6.45, 7) is 1.72. The lowest BCUT2D eigenvalue weighted by Crippen LogP contribution is -2.32. The van der Waals surface area contributed by atoms with E-state index in [2.05, 4.69) is 15.8 Å². The first-order valence-corrected chi connectivity index (χ1v) is 9.07. The third kappa shape index (κ3) is 5.33. The highest BCUT2D eigenvalue weighted by atomic mass is 35.5. The first-order chi connectivity index (χ1) is 14.4. The van der Waals surface area contributed by atoms with Crippen LogP contribution in [0.3, 0.4) is 0 Å². The van der Waals surface area contributed by atoms with Crippen molar-refractivity contribution in [2.24, 2.45) is 5.10 Å². The van der Waals surface area contributed by atoms with E-state index in [0.29, 0.717) is 21.8 Å². The first-order valence-electron chi connectivity index (χ1n) is 8.69. The number of carbonyl (C=O) groups excluding carboxylic acids is 3. The Morgan fingerprint density at radius 3 is 2.63 bits per heavy atom. The fourth-order valence-electron chi connectivity index (χ4n) is 2.35. The molecular formula is C21H16ClN3O5. The molecule has 0 aliphatic heterocycles. The minimum atomic E-state index is -0.953. The molecule has 2 aromatic carbocycles. The van der Waals surface area contributed by atoms with E-state index in [1.54, 1.807) is 49.4 Å². The lowest BCUT2D eigenvalue weighted by Gasteiger charge is -2.08. The van der Waals surface area contributed by atoms with Crippen LogP contribution in [0, 0.1) is 6.92 Å². The largest absolute Gasteiger partial charge is 0.457 e. The average Bonchev–Trinajstić information content (AvgIpc) is 3.27. The minimum Gasteiger partial charge on any atom is -0.457 e. The Morgan fingerprint density at radius 2 is 1.87 bits per heavy atom. The van der Waals surface area contributed by atoms with Gasteiger partial charge in [0, 0.05) is 10.7 Å². The number of benzene rings is 2. The molecule has 0 bridgehead atoms. The quantitative estimate of drug-likeness (QED) is 0.213. The molecule has 2 amide bonds. The summed E-state index contributed by atoms with van der Waals surface area (Å²) >= 11 is 5.99. The van der Waals surface area contributed by atoms with E-state index in [1.807, 2.05) is 0 Å². The average molecular weight is 426 g/mol. The molecule has 3 rings (SSSR count). The number of hydrogen-bond donors (Lipinski definition) is 2. The second kappa shape index (κ2) is 9.53. The summed E-state index contributed by atoms with van der Waals surface area (Å²) in [7, 11) is 0. The number of nitrogens with one attached hydrogen (secondary N) is 2. The molecule has 3 aromatic rings. The summed E-state index contributed by atoms with van der Waals surface area (Å²) in [4.78, 5) is 35.8. The molecule has 9 heteroatoms. The summed E-state index contributed by atoms with van der Waals surface area (Å²) in [5.74, 6) is -2.15. The van der Waals surface area contributed by atoms with Crippen molar-refractivity contribution in [1.29, 1.82) is 0 Å². The zero-order valence-corrected chi connectivity index (χ0v) is 16.5. The molecule has 2 N–H and O–H groups in total. The van der Waals surface area contributed by atoms with Crippen LogP contribution < -0.4 is 15.5 Å². The van der Waals surface area contributed by atoms with Gasteiger partial charge in [0.05, 0.1) is 12.5 Å². The van der Waals surface area contributed by atoms with Crippen LogP contribution in [-0.2, 0) is 9.59 Å². The second-order valence-electron chi connectivity index (χ2n) is 6.00. The number of anilines is 1. The van der Waals surface area contributed by atoms with E-state index >= 15 is 0 Å². The highest BCUT2D eigenvalue weighted by molar-refractivity contribution is 6.40. The van der Waals surface area contributed by atoms with E-state index in [0.717, 1.165) is 0 Å². The zero-order valence-electron chi connectivity index (χ0n) is 15.7. The van der Waals surface area contributed by atoms with Crippen LogP contribution in [-0.4, -0.2) is 24.0 Å². The number of rotatable bonds is 5. The Morgan fingerprint density at radius 1 is 1.07 bits per heavy atom. The molecule has 0 saturated heterocycles. The van der Waals surface area contributed by atoms with Gasteiger partial charge < -0.3 is 14.5 Å². The normalized spacial score (nSPS) is 10.6. The number of ether oxygens (including phenoxy) is 1. The fourth-order valence-corrected chi connectivity index (χ4v) is 2.52. The lowest BCUT2D eigenvalue weighted by atomic mass is 10.2. The number of halogens is 1. The highest BCUT2D eigenvalue weighted by Gasteiger charge is 2.15. The molecular weight excluding hydrogens is 410 g/mol. The van der Waals surface area contributed by atoms with E-state index in [1.165, 1.54) is 24.6 Å². The molecule has 0 radical (unpaired) electrons. The zero-order chi connectivity index (χ0) is 21.5. The van der Waals surface area contributed by atoms with Crippen molar-refractivity contribution >= 4 is 41.3 Å². The number of hydrogen-bond acceptors (Lipinski definition) is 6. The molecule has 8 nitrogen and oxygen atoms in total. The van der Waals surface area contributed by atoms with Gasteiger partial charge in [-0.25, -0.2) is 10.2 Å². The maximum absolute atomic E-state index is 12.0. The molecule has 0 unspecified atom stereocenters. The van der Waals surface area contributed by atoms with Gasteiger partial charge in [-0.15, -0.1) is 0 Å². The number of carbonyl (C=O) groups is 3. The van der Waals surface area contributed by atoms with Crippen molar-refractivity contribution in [3.05, 3.63) is 82.8 Å². The topological polar surface area (TPSA) is 110 Å². The summed E-state index contributed by atoms with van der Waals surface area (Å²) in [6.07, 6.45) is 2.67. The van der Waals surface area contributed by atoms with Crippen LogP contribution in [0.5, 0.6) is 5.75 Å². The predicted molar refractivity (Wildman–Crippen MR) is 111 cm³/mol. The standard InChI is InChI=1S/C21H16ClN3O5/c1-13-16(22)7-3-8-17(13)24-19(26)20(27)25-23-12-14-5-2-6-15(11-14)30-21(28)18-9-4-10-29-18/h2-12H,1H3,(H,24,26)(H,25,27)/b23-12+. The predicted octanol–water partition coefficient (Wildman–Crippen LogP) is 3.55. The van der Waals surface area contributed by atoms with Crippen molar-refractivity contribution in [2.75, 3.05) is 5.32 Å². The summed E-state index contributed by atoms with van der Waals surface area (Å²) in [6, 6.07) is 14.5. The lowest BCUT2D eigenvalue weighted by molar-refractivity contribution is -0.136. The molecule has 1 heterocycles. The minimum absolute atomic E-state index is 0.0716. The van der Waals surface area contributed by atoms with Crippen molar-refractivity contribution in [1.82, 2.24) is 5.43 Å². The Bertz CT molecular complexity index is 1110. The number of furan rings is 1. The Labute approximate surface area is 176 Å². The van der Waals surface area contributed by atoms with Crippen LogP contribution in [0.25, 0.3) is 0 Å². The molecule has 152 valence electrons. The monoisotopic (exact) mass is 425 g/mol. The molecule has 1 aromatic heterocycles. The molecule has 30 heavy (non-hydrogen) atoms. The molecule has 0 fully saturated rings. The molecule has 0 saturated carbocycles. The summed E-state index contributed by atoms with van der Waals surface area (Å²) in [5.41, 5.74) is 3.74. The number of nitrogens with zero attached hydrogens (tertiary/aromatic N) is 1. The van der Waals surface area contributed by atoms with Crippen LogP contribution in [0.1, 0.15) is 21.7 Å². The molecule has 0 aliphatic carbocycles. The SMILES string of the molecule is Cc1c(Cl)cccc1NC(=O)C(=O)N/N=C/c1cccc(OC(=O)c2ccco2)c1. The fraction of sp³-hybridized carbons (Fsp3) is 0.0476. The van der Waals surface area contributed by atoms with Gasteiger partial charge in [-0.1, -0.05) is 29.8 Å². The van der Waals surface area contributed by atoms with Gasteiger partial charge in [-0.05, 0) is 54.4 Å². The van der Waals surface area contributed by atoms with Gasteiger partial charge in [-0.2, -0.15) is 5.10 Å². The molecule has 0 aliphatic rings. The number of hydrazone groups is 1. The maximum Gasteiger partial charge on any atom is 0.379 e. The van der Waals surface area contributed by atoms with Crippen LogP contribution >= 0.6 is 11.6 Å². The second-order valence-corrected chi connectivity index (χ2v) is 6.41. The van der Waals surface area contributed by atoms with Crippen molar-refractivity contribution < 1.29 is 23.5 Å². The smallest absolute Gasteiger partial charge is 0.379 e. The third-order valence-electron chi connectivity index (χ3n) is 3.89. The van der Waals surface area contributed by atoms with Crippen molar-refractivity contribution in [2.45, 2.75) is 6.92 Å². The Hall–Kier alpha value is -3.91. The van der Waals surface area contributed by atoms with Gasteiger partial charge in [-0.3, -0.25) is 9.59 Å². The molecule has 0 spiro atoms. The summed E-state index contributed by atoms with van der Waals surface area (Å²) < 4.78 is 10.2. The van der Waals surface area contributed by atoms with E-state index in [-0.39, 0.29) is 11.5 Å². The van der Waals surface area contributed by atoms with Gasteiger partial charge in [0.15, 0.2) is 0 Å². The third-order valence-corrected chi connectivity index (χ3v) is 4.30. The number of amides is 2. The van der Waals surface area contributed by atoms with Gasteiger partial charge in [0.1, 0.15) is 5.75 Å². The summed E-state index contributed by atoms with van der Waals surface area (Å²) in [5, 5.41) is 6.68. The van der Waals surface area contributed by atoms with E-state index in [4.69, 9.17) is 20.8 Å². The van der Waals surface area contributed by atoms with E-state index in [9.17, 15) is 14.4 Å². The highest BCUT2D eigenvalue weighted by Crippen LogP contribution is 2.22. The van der Waals surface area contributed by atoms with Gasteiger partial charge in [0.25, 0.3) is 0 Å². The van der Waals surface area contributed by atoms with Crippen molar-refractivity contribution in [3.63, 3.8) is 0 Å². The van der Waals surface area contributed by atoms with Crippen LogP contribution in [0.15, 0.2) is 70.4 Å². The molecule has 0 atom stereocenters.